The lowest BCUT2D eigenvalue weighted by Crippen LogP contribution is -2.34. The molecule has 2 N–H and O–H groups in total. The summed E-state index contributed by atoms with van der Waals surface area (Å²) < 4.78 is 5.93. The molecular weight excluding hydrogens is 282 g/mol. The molecule has 1 aliphatic carbocycles. The summed E-state index contributed by atoms with van der Waals surface area (Å²) in [5.74, 6) is 3.39. The Bertz CT molecular complexity index is 431. The summed E-state index contributed by atoms with van der Waals surface area (Å²) in [6.07, 6.45) is 6.24. The number of aliphatic hydroxyl groups excluding tert-OH is 1. The maximum Gasteiger partial charge on any atom is 0.124 e. The first-order valence-electron chi connectivity index (χ1n) is 8.10. The molecule has 0 radical (unpaired) electrons. The number of thioether (sulfide) groups is 1. The standard InChI is InChI=1S/C17H25NO2S/c19-16-3-1-2-4-17(16)20-15-7-5-13(6-8-15)18-14-9-11-21-12-10-14/h5-8,14,16-19H,1-4,9-12H2/t16-,17+/m0/s1. The third kappa shape index (κ3) is 4.30. The van der Waals surface area contributed by atoms with Crippen LogP contribution in [-0.4, -0.2) is 34.9 Å². The van der Waals surface area contributed by atoms with E-state index >= 15 is 0 Å². The molecule has 1 aromatic carbocycles. The molecule has 1 saturated heterocycles. The smallest absolute Gasteiger partial charge is 0.124 e. The zero-order valence-electron chi connectivity index (χ0n) is 12.5. The predicted octanol–water partition coefficient (Wildman–Crippen LogP) is 3.68. The number of aliphatic hydroxyl groups is 1. The van der Waals surface area contributed by atoms with Crippen molar-refractivity contribution < 1.29 is 9.84 Å². The van der Waals surface area contributed by atoms with Crippen LogP contribution in [0.1, 0.15) is 38.5 Å². The van der Waals surface area contributed by atoms with Gasteiger partial charge in [0.15, 0.2) is 0 Å². The monoisotopic (exact) mass is 307 g/mol. The minimum absolute atomic E-state index is 0.0343. The van der Waals surface area contributed by atoms with E-state index in [4.69, 9.17) is 4.74 Å². The summed E-state index contributed by atoms with van der Waals surface area (Å²) in [7, 11) is 0. The third-order valence-corrected chi connectivity index (χ3v) is 5.45. The molecule has 3 nitrogen and oxygen atoms in total. The Balaban J connectivity index is 1.53. The van der Waals surface area contributed by atoms with Crippen molar-refractivity contribution in [2.24, 2.45) is 0 Å². The van der Waals surface area contributed by atoms with Crippen molar-refractivity contribution in [3.8, 4) is 5.75 Å². The highest BCUT2D eigenvalue weighted by Gasteiger charge is 2.24. The largest absolute Gasteiger partial charge is 0.488 e. The molecule has 1 aromatic rings. The van der Waals surface area contributed by atoms with Crippen molar-refractivity contribution in [2.45, 2.75) is 56.8 Å². The van der Waals surface area contributed by atoms with Crippen LogP contribution >= 0.6 is 11.8 Å². The molecule has 3 rings (SSSR count). The molecule has 2 fully saturated rings. The van der Waals surface area contributed by atoms with Gasteiger partial charge in [-0.2, -0.15) is 11.8 Å². The molecule has 0 spiro atoms. The summed E-state index contributed by atoms with van der Waals surface area (Å²) >= 11 is 2.05. The van der Waals surface area contributed by atoms with E-state index in [9.17, 15) is 5.11 Å². The highest BCUT2D eigenvalue weighted by atomic mass is 32.2. The topological polar surface area (TPSA) is 41.5 Å². The zero-order valence-corrected chi connectivity index (χ0v) is 13.3. The van der Waals surface area contributed by atoms with E-state index < -0.39 is 0 Å². The quantitative estimate of drug-likeness (QED) is 0.890. The van der Waals surface area contributed by atoms with Crippen LogP contribution in [0.4, 0.5) is 5.69 Å². The van der Waals surface area contributed by atoms with Crippen LogP contribution in [0.5, 0.6) is 5.75 Å². The molecule has 4 heteroatoms. The summed E-state index contributed by atoms with van der Waals surface area (Å²) in [6, 6.07) is 8.82. The predicted molar refractivity (Wildman–Crippen MR) is 89.3 cm³/mol. The van der Waals surface area contributed by atoms with Gasteiger partial charge in [0.1, 0.15) is 11.9 Å². The number of rotatable bonds is 4. The van der Waals surface area contributed by atoms with Crippen LogP contribution < -0.4 is 10.1 Å². The average molecular weight is 307 g/mol. The molecule has 2 atom stereocenters. The van der Waals surface area contributed by atoms with Crippen molar-refractivity contribution in [2.75, 3.05) is 16.8 Å². The van der Waals surface area contributed by atoms with Crippen LogP contribution in [-0.2, 0) is 0 Å². The second-order valence-corrected chi connectivity index (χ2v) is 7.29. The highest BCUT2D eigenvalue weighted by Crippen LogP contribution is 2.26. The van der Waals surface area contributed by atoms with E-state index in [0.29, 0.717) is 6.04 Å². The second-order valence-electron chi connectivity index (χ2n) is 6.06. The Morgan fingerprint density at radius 2 is 1.71 bits per heavy atom. The molecular formula is C17H25NO2S. The van der Waals surface area contributed by atoms with Gasteiger partial charge in [0, 0.05) is 11.7 Å². The zero-order chi connectivity index (χ0) is 14.5. The van der Waals surface area contributed by atoms with Gasteiger partial charge in [0.25, 0.3) is 0 Å². The van der Waals surface area contributed by atoms with E-state index in [1.807, 2.05) is 23.9 Å². The van der Waals surface area contributed by atoms with Gasteiger partial charge in [-0.15, -0.1) is 0 Å². The minimum atomic E-state index is -0.309. The van der Waals surface area contributed by atoms with Crippen LogP contribution in [0.25, 0.3) is 0 Å². The second kappa shape index (κ2) is 7.41. The van der Waals surface area contributed by atoms with Crippen LogP contribution in [0, 0.1) is 0 Å². The van der Waals surface area contributed by atoms with Gasteiger partial charge >= 0.3 is 0 Å². The van der Waals surface area contributed by atoms with Gasteiger partial charge in [-0.3, -0.25) is 0 Å². The first-order chi connectivity index (χ1) is 10.3. The molecule has 2 aliphatic rings. The fourth-order valence-electron chi connectivity index (χ4n) is 3.10. The highest BCUT2D eigenvalue weighted by molar-refractivity contribution is 7.99. The van der Waals surface area contributed by atoms with Gasteiger partial charge in [0.2, 0.25) is 0 Å². The van der Waals surface area contributed by atoms with Gasteiger partial charge in [-0.1, -0.05) is 6.42 Å². The number of hydrogen-bond acceptors (Lipinski definition) is 4. The first-order valence-corrected chi connectivity index (χ1v) is 9.26. The Morgan fingerprint density at radius 3 is 2.43 bits per heavy atom. The van der Waals surface area contributed by atoms with Crippen molar-refractivity contribution in [3.05, 3.63) is 24.3 Å². The van der Waals surface area contributed by atoms with Gasteiger partial charge in [0.05, 0.1) is 6.10 Å². The van der Waals surface area contributed by atoms with E-state index in [-0.39, 0.29) is 12.2 Å². The molecule has 0 unspecified atom stereocenters. The fourth-order valence-corrected chi connectivity index (χ4v) is 4.20. The average Bonchev–Trinajstić information content (AvgIpc) is 2.52. The van der Waals surface area contributed by atoms with Crippen molar-refractivity contribution in [1.29, 1.82) is 0 Å². The van der Waals surface area contributed by atoms with Gasteiger partial charge < -0.3 is 15.2 Å². The molecule has 0 bridgehead atoms. The Morgan fingerprint density at radius 1 is 1.00 bits per heavy atom. The third-order valence-electron chi connectivity index (χ3n) is 4.40. The van der Waals surface area contributed by atoms with Gasteiger partial charge in [-0.05, 0) is 67.9 Å². The van der Waals surface area contributed by atoms with Gasteiger partial charge in [-0.25, -0.2) is 0 Å². The maximum atomic E-state index is 9.96. The number of hydrogen-bond donors (Lipinski definition) is 2. The number of benzene rings is 1. The van der Waals surface area contributed by atoms with Crippen molar-refractivity contribution in [1.82, 2.24) is 0 Å². The number of ether oxygens (including phenoxy) is 1. The lowest BCUT2D eigenvalue weighted by Gasteiger charge is -2.28. The lowest BCUT2D eigenvalue weighted by molar-refractivity contribution is 0.00688. The normalized spacial score (nSPS) is 27.3. The van der Waals surface area contributed by atoms with Crippen LogP contribution in [0.2, 0.25) is 0 Å². The molecule has 1 aliphatic heterocycles. The minimum Gasteiger partial charge on any atom is -0.488 e. The molecule has 116 valence electrons. The Hall–Kier alpha value is -0.870. The molecule has 0 amide bonds. The van der Waals surface area contributed by atoms with E-state index in [1.165, 1.54) is 30.0 Å². The SMILES string of the molecule is O[C@H]1CCCC[C@H]1Oc1ccc(NC2CCSCC2)cc1. The molecule has 0 aromatic heterocycles. The van der Waals surface area contributed by atoms with E-state index in [2.05, 4.69) is 17.4 Å². The van der Waals surface area contributed by atoms with Crippen molar-refractivity contribution >= 4 is 17.4 Å². The first kappa shape index (κ1) is 15.0. The summed E-state index contributed by atoms with van der Waals surface area (Å²) in [6.45, 7) is 0. The number of nitrogens with one attached hydrogen (secondary N) is 1. The van der Waals surface area contributed by atoms with E-state index in [0.717, 1.165) is 31.4 Å². The van der Waals surface area contributed by atoms with Crippen molar-refractivity contribution in [3.63, 3.8) is 0 Å². The van der Waals surface area contributed by atoms with Crippen LogP contribution in [0.3, 0.4) is 0 Å². The summed E-state index contributed by atoms with van der Waals surface area (Å²) in [5, 5.41) is 13.6. The maximum absolute atomic E-state index is 9.96. The Labute approximate surface area is 131 Å². The molecule has 1 heterocycles. The Kier molecular flexibility index (Phi) is 5.31. The number of anilines is 1. The molecule has 21 heavy (non-hydrogen) atoms. The van der Waals surface area contributed by atoms with Crippen LogP contribution in [0.15, 0.2) is 24.3 Å². The molecule has 1 saturated carbocycles. The lowest BCUT2D eigenvalue weighted by atomic mass is 9.95. The summed E-state index contributed by atoms with van der Waals surface area (Å²) in [4.78, 5) is 0. The summed E-state index contributed by atoms with van der Waals surface area (Å²) in [5.41, 5.74) is 1.17. The fraction of sp³-hybridized carbons (Fsp3) is 0.647. The van der Waals surface area contributed by atoms with E-state index in [1.54, 1.807) is 0 Å².